The largest absolute Gasteiger partial charge is 0.483 e. The van der Waals surface area contributed by atoms with Crippen LogP contribution in [-0.2, 0) is 0 Å². The molecule has 0 bridgehead atoms. The second kappa shape index (κ2) is 8.47. The highest BCUT2D eigenvalue weighted by Crippen LogP contribution is 2.33. The topological polar surface area (TPSA) is 84.1 Å². The molecule has 5 rings (SSSR count). The molecule has 0 aliphatic carbocycles. The highest BCUT2D eigenvalue weighted by molar-refractivity contribution is 5.79. The van der Waals surface area contributed by atoms with Crippen LogP contribution in [0.1, 0.15) is 29.5 Å². The monoisotopic (exact) mass is 471 g/mol. The predicted molar refractivity (Wildman–Crippen MR) is 115 cm³/mol. The lowest BCUT2D eigenvalue weighted by molar-refractivity contribution is 0.0256. The molecule has 0 spiro atoms. The van der Waals surface area contributed by atoms with E-state index in [9.17, 15) is 18.0 Å². The highest BCUT2D eigenvalue weighted by atomic mass is 19.1. The molecule has 2 aliphatic rings. The summed E-state index contributed by atoms with van der Waals surface area (Å²) in [4.78, 5) is 18.5. The Hall–Kier alpha value is -3.89. The molecule has 1 atom stereocenters. The van der Waals surface area contributed by atoms with E-state index in [1.807, 2.05) is 0 Å². The van der Waals surface area contributed by atoms with E-state index >= 15 is 0 Å². The van der Waals surface area contributed by atoms with Gasteiger partial charge in [-0.25, -0.2) is 23.0 Å². The van der Waals surface area contributed by atoms with E-state index in [2.05, 4.69) is 15.2 Å². The Balaban J connectivity index is 1.25. The minimum atomic E-state index is -0.720. The average molecular weight is 471 g/mol. The maximum absolute atomic E-state index is 14.3. The number of pyridine rings is 1. The predicted octanol–water partition coefficient (Wildman–Crippen LogP) is 4.39. The van der Waals surface area contributed by atoms with Crippen LogP contribution in [0.5, 0.6) is 5.75 Å². The molecule has 1 aromatic carbocycles. The van der Waals surface area contributed by atoms with E-state index in [1.54, 1.807) is 13.8 Å². The summed E-state index contributed by atoms with van der Waals surface area (Å²) in [5.74, 6) is -1.50. The number of carbonyl (C=O) groups is 1. The number of hydrogen-bond acceptors (Lipinski definition) is 6. The number of urea groups is 1. The SMILES string of the molecule is Cc1noc(C)c1-c1cc(OC2CN(C(=O)N3N=CC[C@H]3c3cc(F)cc(F)c3)C2)c(F)cn1. The first-order valence-electron chi connectivity index (χ1n) is 10.6. The van der Waals surface area contributed by atoms with Crippen LogP contribution >= 0.6 is 0 Å². The van der Waals surface area contributed by atoms with Crippen molar-refractivity contribution in [3.63, 3.8) is 0 Å². The molecule has 3 aromatic rings. The number of nitrogens with zero attached hydrogens (tertiary/aromatic N) is 5. The van der Waals surface area contributed by atoms with Gasteiger partial charge in [0.25, 0.3) is 0 Å². The van der Waals surface area contributed by atoms with Crippen molar-refractivity contribution < 1.29 is 27.2 Å². The van der Waals surface area contributed by atoms with Gasteiger partial charge in [-0.15, -0.1) is 0 Å². The van der Waals surface area contributed by atoms with E-state index in [-0.39, 0.29) is 18.8 Å². The number of benzene rings is 1. The number of ether oxygens (including phenoxy) is 1. The Morgan fingerprint density at radius 3 is 2.53 bits per heavy atom. The van der Waals surface area contributed by atoms with Gasteiger partial charge in [0.1, 0.15) is 23.5 Å². The Bertz CT molecular complexity index is 1250. The molecule has 0 unspecified atom stereocenters. The standard InChI is InChI=1S/C23H20F3N5O3/c1-12-22(13(2)34-29-12)19-8-21(18(26)9-27-19)33-17-10-30(11-17)23(32)31-20(3-4-28-31)14-5-15(24)7-16(25)6-14/h4-9,17,20H,3,10-11H2,1-2H3/t20-/m0/s1. The molecular weight excluding hydrogens is 451 g/mol. The van der Waals surface area contributed by atoms with E-state index in [1.165, 1.54) is 34.3 Å². The maximum Gasteiger partial charge on any atom is 0.341 e. The van der Waals surface area contributed by atoms with Gasteiger partial charge in [0, 0.05) is 24.8 Å². The van der Waals surface area contributed by atoms with Crippen LogP contribution in [0.25, 0.3) is 11.3 Å². The van der Waals surface area contributed by atoms with Gasteiger partial charge in [-0.05, 0) is 31.5 Å². The fourth-order valence-electron chi connectivity index (χ4n) is 4.13. The number of likely N-dealkylation sites (tertiary alicyclic amines) is 1. The van der Waals surface area contributed by atoms with E-state index in [0.29, 0.717) is 34.7 Å². The zero-order valence-corrected chi connectivity index (χ0v) is 18.3. The Labute approximate surface area is 192 Å². The summed E-state index contributed by atoms with van der Waals surface area (Å²) < 4.78 is 52.5. The van der Waals surface area contributed by atoms with Crippen molar-refractivity contribution in [2.75, 3.05) is 13.1 Å². The maximum atomic E-state index is 14.3. The second-order valence-corrected chi connectivity index (χ2v) is 8.22. The smallest absolute Gasteiger partial charge is 0.341 e. The van der Waals surface area contributed by atoms with Crippen molar-refractivity contribution in [1.82, 2.24) is 20.0 Å². The van der Waals surface area contributed by atoms with Crippen molar-refractivity contribution in [3.05, 3.63) is 64.9 Å². The van der Waals surface area contributed by atoms with Crippen LogP contribution in [-0.4, -0.2) is 51.5 Å². The van der Waals surface area contributed by atoms with Gasteiger partial charge < -0.3 is 14.2 Å². The number of hydrogen-bond donors (Lipinski definition) is 0. The van der Waals surface area contributed by atoms with Crippen molar-refractivity contribution in [3.8, 4) is 17.0 Å². The lowest BCUT2D eigenvalue weighted by Gasteiger charge is -2.41. The number of hydrazone groups is 1. The van der Waals surface area contributed by atoms with Gasteiger partial charge in [0.2, 0.25) is 0 Å². The lowest BCUT2D eigenvalue weighted by Crippen LogP contribution is -2.58. The third-order valence-electron chi connectivity index (χ3n) is 5.82. The van der Waals surface area contributed by atoms with Gasteiger partial charge in [-0.3, -0.25) is 4.98 Å². The number of amides is 2. The number of aromatic nitrogens is 2. The molecule has 0 radical (unpaired) electrons. The summed E-state index contributed by atoms with van der Waals surface area (Å²) >= 11 is 0. The highest BCUT2D eigenvalue weighted by Gasteiger charge is 2.39. The summed E-state index contributed by atoms with van der Waals surface area (Å²) in [6.07, 6.45) is 2.51. The molecule has 0 saturated carbocycles. The first-order chi connectivity index (χ1) is 16.3. The molecule has 4 heterocycles. The van der Waals surface area contributed by atoms with Crippen molar-refractivity contribution >= 4 is 12.2 Å². The normalized spacial score (nSPS) is 17.9. The fraction of sp³-hybridized carbons (Fsp3) is 0.304. The molecule has 1 fully saturated rings. The molecule has 0 N–H and O–H groups in total. The number of halogens is 3. The Morgan fingerprint density at radius 1 is 1.12 bits per heavy atom. The Kier molecular flexibility index (Phi) is 5.46. The zero-order chi connectivity index (χ0) is 24.0. The van der Waals surface area contributed by atoms with Gasteiger partial charge in [0.05, 0.1) is 42.3 Å². The average Bonchev–Trinajstić information content (AvgIpc) is 3.37. The summed E-state index contributed by atoms with van der Waals surface area (Å²) in [7, 11) is 0. The molecule has 1 saturated heterocycles. The summed E-state index contributed by atoms with van der Waals surface area (Å²) in [6.45, 7) is 3.91. The molecule has 176 valence electrons. The summed E-state index contributed by atoms with van der Waals surface area (Å²) in [6, 6.07) is 3.60. The van der Waals surface area contributed by atoms with Gasteiger partial charge >= 0.3 is 6.03 Å². The van der Waals surface area contributed by atoms with E-state index in [0.717, 1.165) is 12.3 Å². The van der Waals surface area contributed by atoms with Crippen molar-refractivity contribution in [1.29, 1.82) is 0 Å². The van der Waals surface area contributed by atoms with Crippen LogP contribution in [0.4, 0.5) is 18.0 Å². The Morgan fingerprint density at radius 2 is 1.85 bits per heavy atom. The zero-order valence-electron chi connectivity index (χ0n) is 18.3. The van der Waals surface area contributed by atoms with Crippen LogP contribution in [0.15, 0.2) is 40.1 Å². The minimum Gasteiger partial charge on any atom is -0.483 e. The molecule has 34 heavy (non-hydrogen) atoms. The first kappa shape index (κ1) is 21.9. The minimum absolute atomic E-state index is 0.00871. The number of rotatable bonds is 4. The second-order valence-electron chi connectivity index (χ2n) is 8.22. The number of aryl methyl sites for hydroxylation is 2. The molecule has 11 heteroatoms. The third-order valence-corrected chi connectivity index (χ3v) is 5.82. The quantitative estimate of drug-likeness (QED) is 0.564. The molecule has 2 amide bonds. The fourth-order valence-corrected chi connectivity index (χ4v) is 4.13. The van der Waals surface area contributed by atoms with Crippen molar-refractivity contribution in [2.45, 2.75) is 32.4 Å². The lowest BCUT2D eigenvalue weighted by atomic mass is 10.0. The van der Waals surface area contributed by atoms with Crippen LogP contribution in [0.3, 0.4) is 0 Å². The molecular formula is C23H20F3N5O3. The molecule has 2 aromatic heterocycles. The van der Waals surface area contributed by atoms with Crippen LogP contribution in [0.2, 0.25) is 0 Å². The molecule has 2 aliphatic heterocycles. The van der Waals surface area contributed by atoms with Crippen molar-refractivity contribution in [2.24, 2.45) is 5.10 Å². The summed E-state index contributed by atoms with van der Waals surface area (Å²) in [5, 5.41) is 9.17. The van der Waals surface area contributed by atoms with Gasteiger partial charge in [-0.1, -0.05) is 5.16 Å². The van der Waals surface area contributed by atoms with E-state index in [4.69, 9.17) is 9.26 Å². The van der Waals surface area contributed by atoms with E-state index < -0.39 is 35.6 Å². The number of carbonyl (C=O) groups excluding carboxylic acids is 1. The van der Waals surface area contributed by atoms with Gasteiger partial charge in [0.15, 0.2) is 11.6 Å². The van der Waals surface area contributed by atoms with Crippen LogP contribution < -0.4 is 4.74 Å². The van der Waals surface area contributed by atoms with Gasteiger partial charge in [-0.2, -0.15) is 5.10 Å². The first-order valence-corrected chi connectivity index (χ1v) is 10.6. The molecule has 8 nitrogen and oxygen atoms in total. The third kappa shape index (κ3) is 3.97. The van der Waals surface area contributed by atoms with Crippen LogP contribution in [0, 0.1) is 31.3 Å². The summed E-state index contributed by atoms with van der Waals surface area (Å²) in [5.41, 5.74) is 2.09.